The summed E-state index contributed by atoms with van der Waals surface area (Å²) in [6.07, 6.45) is 0.427. The first-order chi connectivity index (χ1) is 17.0. The molecule has 0 spiro atoms. The average molecular weight is 504 g/mol. The summed E-state index contributed by atoms with van der Waals surface area (Å²) in [5, 5.41) is 13.1. The van der Waals surface area contributed by atoms with Gasteiger partial charge in [-0.2, -0.15) is 5.26 Å². The van der Waals surface area contributed by atoms with Crippen molar-refractivity contribution >= 4 is 46.6 Å². The van der Waals surface area contributed by atoms with E-state index in [2.05, 4.69) is 5.32 Å². The number of hydrogen-bond acceptors (Lipinski definition) is 5. The van der Waals surface area contributed by atoms with E-state index in [0.717, 1.165) is 5.56 Å². The fourth-order valence-corrected chi connectivity index (χ4v) is 5.06. The van der Waals surface area contributed by atoms with E-state index >= 15 is 0 Å². The number of carbonyl (C=O) groups is 2. The maximum Gasteiger partial charge on any atom is 0.269 e. The minimum Gasteiger partial charge on any atom is -0.494 e. The molecule has 0 bridgehead atoms. The molecule has 1 N–H and O–H groups in total. The largest absolute Gasteiger partial charge is 0.494 e. The predicted molar refractivity (Wildman–Crippen MR) is 139 cm³/mol. The normalized spacial score (nSPS) is 16.5. The smallest absolute Gasteiger partial charge is 0.269 e. The molecule has 1 unspecified atom stereocenters. The van der Waals surface area contributed by atoms with Crippen LogP contribution in [0.3, 0.4) is 0 Å². The first-order valence-corrected chi connectivity index (χ1v) is 12.2. The minimum atomic E-state index is -0.572. The Hall–Kier alpha value is -3.73. The van der Waals surface area contributed by atoms with Crippen LogP contribution in [0.4, 0.5) is 11.4 Å². The Kier molecular flexibility index (Phi) is 7.76. The molecule has 1 saturated heterocycles. The number of amides is 2. The van der Waals surface area contributed by atoms with Crippen molar-refractivity contribution in [2.45, 2.75) is 18.6 Å². The van der Waals surface area contributed by atoms with Gasteiger partial charge in [-0.25, -0.2) is 0 Å². The molecule has 2 amide bonds. The quantitative estimate of drug-likeness (QED) is 0.325. The van der Waals surface area contributed by atoms with Gasteiger partial charge in [0.05, 0.1) is 11.9 Å². The summed E-state index contributed by atoms with van der Waals surface area (Å²) in [5.74, 6) is -0.109. The number of ether oxygens (including phenoxy) is 1. The van der Waals surface area contributed by atoms with Crippen molar-refractivity contribution in [1.82, 2.24) is 0 Å². The monoisotopic (exact) mass is 503 g/mol. The van der Waals surface area contributed by atoms with E-state index in [4.69, 9.17) is 16.3 Å². The standard InChI is InChI=1S/C27H22ClN3O3S/c1-2-34-22-14-12-21(13-15-22)31-26(33)24(16-18-8-10-19(28)11-9-18)35-27(31)23(17-29)25(32)30-20-6-4-3-5-7-20/h3-15,24H,2,16H2,1H3,(H,30,32)/b27-23-. The molecule has 1 aliphatic rings. The van der Waals surface area contributed by atoms with Gasteiger partial charge in [-0.1, -0.05) is 53.7 Å². The van der Waals surface area contributed by atoms with Crippen LogP contribution < -0.4 is 15.0 Å². The lowest BCUT2D eigenvalue weighted by atomic mass is 10.1. The predicted octanol–water partition coefficient (Wildman–Crippen LogP) is 5.80. The van der Waals surface area contributed by atoms with E-state index in [1.807, 2.05) is 31.2 Å². The Morgan fingerprint density at radius 3 is 2.40 bits per heavy atom. The number of para-hydroxylation sites is 1. The van der Waals surface area contributed by atoms with Gasteiger partial charge in [0, 0.05) is 16.4 Å². The zero-order valence-corrected chi connectivity index (χ0v) is 20.5. The summed E-state index contributed by atoms with van der Waals surface area (Å²) in [5.41, 5.74) is 1.92. The van der Waals surface area contributed by atoms with Gasteiger partial charge in [-0.3, -0.25) is 14.5 Å². The van der Waals surface area contributed by atoms with Crippen LogP contribution in [0.25, 0.3) is 0 Å². The molecule has 35 heavy (non-hydrogen) atoms. The third kappa shape index (κ3) is 5.68. The van der Waals surface area contributed by atoms with Crippen LogP contribution >= 0.6 is 23.4 Å². The van der Waals surface area contributed by atoms with Gasteiger partial charge in [0.15, 0.2) is 0 Å². The Morgan fingerprint density at radius 2 is 1.77 bits per heavy atom. The van der Waals surface area contributed by atoms with E-state index < -0.39 is 11.2 Å². The molecule has 0 saturated carbocycles. The molecule has 1 aliphatic heterocycles. The van der Waals surface area contributed by atoms with Crippen molar-refractivity contribution in [3.05, 3.63) is 100 Å². The fourth-order valence-electron chi connectivity index (χ4n) is 3.63. The third-order valence-electron chi connectivity index (χ3n) is 5.28. The van der Waals surface area contributed by atoms with Crippen LogP contribution in [0.1, 0.15) is 12.5 Å². The molecule has 1 heterocycles. The van der Waals surface area contributed by atoms with Crippen molar-refractivity contribution in [2.24, 2.45) is 0 Å². The van der Waals surface area contributed by atoms with Crippen LogP contribution in [-0.2, 0) is 16.0 Å². The highest BCUT2D eigenvalue weighted by Crippen LogP contribution is 2.42. The third-order valence-corrected chi connectivity index (χ3v) is 6.79. The Morgan fingerprint density at radius 1 is 1.09 bits per heavy atom. The molecule has 3 aromatic carbocycles. The van der Waals surface area contributed by atoms with Crippen LogP contribution in [0.2, 0.25) is 5.02 Å². The number of rotatable bonds is 7. The van der Waals surface area contributed by atoms with Crippen LogP contribution in [0.15, 0.2) is 89.5 Å². The minimum absolute atomic E-state index is 0.125. The van der Waals surface area contributed by atoms with Crippen LogP contribution in [0, 0.1) is 11.3 Å². The summed E-state index contributed by atoms with van der Waals surface area (Å²) < 4.78 is 5.51. The van der Waals surface area contributed by atoms with Crippen molar-refractivity contribution in [3.63, 3.8) is 0 Å². The number of anilines is 2. The topological polar surface area (TPSA) is 82.4 Å². The number of nitrogens with one attached hydrogen (secondary N) is 1. The second kappa shape index (κ2) is 11.1. The number of nitrogens with zero attached hydrogens (tertiary/aromatic N) is 2. The van der Waals surface area contributed by atoms with Crippen molar-refractivity contribution in [2.75, 3.05) is 16.8 Å². The molecule has 176 valence electrons. The van der Waals surface area contributed by atoms with Crippen LogP contribution in [-0.4, -0.2) is 23.7 Å². The lowest BCUT2D eigenvalue weighted by Crippen LogP contribution is -2.30. The van der Waals surface area contributed by atoms with Gasteiger partial charge in [0.2, 0.25) is 5.91 Å². The summed E-state index contributed by atoms with van der Waals surface area (Å²) >= 11 is 7.22. The molecule has 4 rings (SSSR count). The van der Waals surface area contributed by atoms with E-state index in [-0.39, 0.29) is 11.5 Å². The molecule has 0 radical (unpaired) electrons. The van der Waals surface area contributed by atoms with E-state index in [9.17, 15) is 14.9 Å². The van der Waals surface area contributed by atoms with Gasteiger partial charge in [0.1, 0.15) is 22.4 Å². The Labute approximate surface area is 213 Å². The Bertz CT molecular complexity index is 1290. The van der Waals surface area contributed by atoms with E-state index in [1.165, 1.54) is 16.7 Å². The van der Waals surface area contributed by atoms with Gasteiger partial charge in [-0.05, 0) is 67.4 Å². The molecule has 6 nitrogen and oxygen atoms in total. The van der Waals surface area contributed by atoms with E-state index in [0.29, 0.717) is 40.2 Å². The van der Waals surface area contributed by atoms with Crippen molar-refractivity contribution < 1.29 is 14.3 Å². The molecule has 0 aliphatic carbocycles. The second-order valence-electron chi connectivity index (χ2n) is 7.65. The summed E-state index contributed by atoms with van der Waals surface area (Å²) in [7, 11) is 0. The van der Waals surface area contributed by atoms with Crippen molar-refractivity contribution in [3.8, 4) is 11.8 Å². The highest BCUT2D eigenvalue weighted by molar-refractivity contribution is 8.05. The average Bonchev–Trinajstić information content (AvgIpc) is 3.17. The molecule has 1 fully saturated rings. The second-order valence-corrected chi connectivity index (χ2v) is 9.28. The highest BCUT2D eigenvalue weighted by atomic mass is 35.5. The van der Waals surface area contributed by atoms with Crippen LogP contribution in [0.5, 0.6) is 5.75 Å². The molecule has 1 atom stereocenters. The van der Waals surface area contributed by atoms with E-state index in [1.54, 1.807) is 60.7 Å². The van der Waals surface area contributed by atoms with Gasteiger partial charge in [0.25, 0.3) is 5.91 Å². The SMILES string of the molecule is CCOc1ccc(N2C(=O)C(Cc3ccc(Cl)cc3)S/C2=C(/C#N)C(=O)Nc2ccccc2)cc1. The van der Waals surface area contributed by atoms with Gasteiger partial charge in [-0.15, -0.1) is 0 Å². The zero-order chi connectivity index (χ0) is 24.8. The summed E-state index contributed by atoms with van der Waals surface area (Å²) in [4.78, 5) is 28.1. The number of thioether (sulfide) groups is 1. The van der Waals surface area contributed by atoms with Crippen molar-refractivity contribution in [1.29, 1.82) is 5.26 Å². The number of carbonyl (C=O) groups excluding carboxylic acids is 2. The molecule has 0 aromatic heterocycles. The fraction of sp³-hybridized carbons (Fsp3) is 0.148. The highest BCUT2D eigenvalue weighted by Gasteiger charge is 2.40. The zero-order valence-electron chi connectivity index (χ0n) is 18.9. The maximum atomic E-state index is 13.6. The number of hydrogen-bond donors (Lipinski definition) is 1. The lowest BCUT2D eigenvalue weighted by Gasteiger charge is -2.19. The molecular formula is C27H22ClN3O3S. The molecule has 8 heteroatoms. The number of halogens is 1. The van der Waals surface area contributed by atoms with Gasteiger partial charge >= 0.3 is 0 Å². The summed E-state index contributed by atoms with van der Waals surface area (Å²) in [6.45, 7) is 2.41. The maximum absolute atomic E-state index is 13.6. The molecular weight excluding hydrogens is 482 g/mol. The first-order valence-electron chi connectivity index (χ1n) is 11.0. The lowest BCUT2D eigenvalue weighted by molar-refractivity contribution is -0.117. The summed E-state index contributed by atoms with van der Waals surface area (Å²) in [6, 6.07) is 25.2. The number of benzene rings is 3. The number of nitriles is 1. The first kappa shape index (κ1) is 24.4. The molecule has 3 aromatic rings. The Balaban J connectivity index is 1.71. The van der Waals surface area contributed by atoms with Gasteiger partial charge < -0.3 is 10.1 Å².